The molecule has 2 rings (SSSR count). The zero-order valence-electron chi connectivity index (χ0n) is 16.1. The first-order chi connectivity index (χ1) is 14.5. The molecule has 0 aromatic carbocycles. The lowest BCUT2D eigenvalue weighted by atomic mass is 9.96. The number of hydrogen-bond acceptors (Lipinski definition) is 10. The van der Waals surface area contributed by atoms with Gasteiger partial charge in [-0.3, -0.25) is 18.9 Å². The van der Waals surface area contributed by atoms with Gasteiger partial charge in [-0.05, 0) is 6.42 Å². The Morgan fingerprint density at radius 3 is 2.34 bits per heavy atom. The van der Waals surface area contributed by atoms with Crippen molar-refractivity contribution in [2.75, 3.05) is 6.61 Å². The highest BCUT2D eigenvalue weighted by atomic mass is 31.3. The summed E-state index contributed by atoms with van der Waals surface area (Å²) in [5, 5.41) is 10.4. The predicted octanol–water partition coefficient (Wildman–Crippen LogP) is -1.77. The van der Waals surface area contributed by atoms with Gasteiger partial charge in [-0.25, -0.2) is 22.9 Å². The molecular formula is C11H20FN2O14P3Si. The van der Waals surface area contributed by atoms with Gasteiger partial charge in [-0.1, -0.05) is 6.04 Å². The number of nitrogens with zero attached hydrogens (tertiary/aromatic N) is 1. The summed E-state index contributed by atoms with van der Waals surface area (Å²) in [6.07, 6.45) is -2.33. The van der Waals surface area contributed by atoms with E-state index in [-0.39, 0.29) is 6.42 Å². The predicted molar refractivity (Wildman–Crippen MR) is 104 cm³/mol. The maximum absolute atomic E-state index is 15.3. The van der Waals surface area contributed by atoms with Crippen LogP contribution in [0.3, 0.4) is 0 Å². The molecular weight excluding hydrogens is 524 g/mol. The molecule has 0 amide bonds. The van der Waals surface area contributed by atoms with E-state index in [1.807, 2.05) is 4.98 Å². The number of phosphoric ester groups is 1. The minimum atomic E-state index is -5.83. The summed E-state index contributed by atoms with van der Waals surface area (Å²) in [7, 11) is -16.5. The molecule has 0 saturated carbocycles. The Labute approximate surface area is 180 Å². The van der Waals surface area contributed by atoms with Gasteiger partial charge in [-0.15, -0.1) is 0 Å². The number of hydrogen-bond donors (Lipinski definition) is 6. The molecule has 2 heterocycles. The summed E-state index contributed by atoms with van der Waals surface area (Å²) in [5.41, 5.74) is -1.73. The topological polar surface area (TPSA) is 244 Å². The van der Waals surface area contributed by atoms with Gasteiger partial charge in [0, 0.05) is 28.4 Å². The van der Waals surface area contributed by atoms with Crippen LogP contribution in [0.15, 0.2) is 21.9 Å². The van der Waals surface area contributed by atoms with Crippen LogP contribution in [-0.2, 0) is 31.6 Å². The molecule has 184 valence electrons. The van der Waals surface area contributed by atoms with Gasteiger partial charge in [0.1, 0.15) is 18.9 Å². The Morgan fingerprint density at radius 1 is 1.19 bits per heavy atom. The quantitative estimate of drug-likeness (QED) is 0.141. The van der Waals surface area contributed by atoms with E-state index in [2.05, 4.69) is 13.1 Å². The van der Waals surface area contributed by atoms with Crippen LogP contribution in [0.4, 0.5) is 4.39 Å². The summed E-state index contributed by atoms with van der Waals surface area (Å²) < 4.78 is 66.2. The molecule has 0 aliphatic carbocycles. The largest absolute Gasteiger partial charge is 0.490 e. The Hall–Kier alpha value is -0.843. The third kappa shape index (κ3) is 7.08. The second-order valence-corrected chi connectivity index (χ2v) is 12.0. The number of alkyl halides is 1. The lowest BCUT2D eigenvalue weighted by Gasteiger charge is -2.25. The molecule has 6 N–H and O–H groups in total. The minimum Gasteiger partial charge on any atom is -0.387 e. The van der Waals surface area contributed by atoms with Crippen molar-refractivity contribution in [2.45, 2.75) is 30.7 Å². The number of phosphoric acid groups is 3. The van der Waals surface area contributed by atoms with Gasteiger partial charge < -0.3 is 29.4 Å². The van der Waals surface area contributed by atoms with Crippen LogP contribution >= 0.6 is 23.5 Å². The molecule has 1 saturated heterocycles. The summed E-state index contributed by atoms with van der Waals surface area (Å²) in [4.78, 5) is 60.8. The van der Waals surface area contributed by atoms with Crippen molar-refractivity contribution >= 4 is 33.7 Å². The first-order valence-electron chi connectivity index (χ1n) is 8.63. The van der Waals surface area contributed by atoms with E-state index in [0.717, 1.165) is 16.8 Å². The zero-order chi connectivity index (χ0) is 24.5. The second kappa shape index (κ2) is 9.80. The van der Waals surface area contributed by atoms with E-state index in [1.165, 1.54) is 0 Å². The maximum Gasteiger partial charge on any atom is 0.490 e. The molecule has 1 aromatic rings. The SMILES string of the molecule is O=c1ccn([C@@H]2O[C@](F)(COP(=O)(O)OP(=O)(O)OP(=O)(O)O)[C@@H](O)C2CC[SiH3])c(=O)[nH]1. The van der Waals surface area contributed by atoms with Crippen LogP contribution in [0.1, 0.15) is 12.6 Å². The van der Waals surface area contributed by atoms with Gasteiger partial charge in [0.25, 0.3) is 11.4 Å². The van der Waals surface area contributed by atoms with Crippen LogP contribution in [-0.4, -0.2) is 63.0 Å². The van der Waals surface area contributed by atoms with Gasteiger partial charge >= 0.3 is 29.2 Å². The Bertz CT molecular complexity index is 1090. The molecule has 1 fully saturated rings. The first kappa shape index (κ1) is 27.4. The fraction of sp³-hybridized carbons (Fsp3) is 0.636. The van der Waals surface area contributed by atoms with E-state index in [0.29, 0.717) is 16.3 Å². The fourth-order valence-electron chi connectivity index (χ4n) is 2.95. The molecule has 6 atom stereocenters. The van der Waals surface area contributed by atoms with Crippen LogP contribution in [0.2, 0.25) is 6.04 Å². The van der Waals surface area contributed by atoms with Gasteiger partial charge in [0.05, 0.1) is 0 Å². The third-order valence-corrected chi connectivity index (χ3v) is 8.48. The van der Waals surface area contributed by atoms with E-state index < -0.39 is 65.4 Å². The summed E-state index contributed by atoms with van der Waals surface area (Å²) >= 11 is 0. The molecule has 1 aromatic heterocycles. The smallest absolute Gasteiger partial charge is 0.387 e. The molecule has 3 unspecified atom stereocenters. The van der Waals surface area contributed by atoms with E-state index >= 15 is 4.39 Å². The van der Waals surface area contributed by atoms with Gasteiger partial charge in [0.2, 0.25) is 0 Å². The second-order valence-electron chi connectivity index (χ2n) is 6.57. The Morgan fingerprint density at radius 2 is 1.81 bits per heavy atom. The van der Waals surface area contributed by atoms with Crippen molar-refractivity contribution in [3.8, 4) is 0 Å². The monoisotopic (exact) mass is 544 g/mol. The first-order valence-corrected chi connectivity index (χ1v) is 14.6. The van der Waals surface area contributed by atoms with Crippen molar-refractivity contribution in [3.63, 3.8) is 0 Å². The molecule has 16 nitrogen and oxygen atoms in total. The molecule has 1 aliphatic heterocycles. The molecule has 0 spiro atoms. The van der Waals surface area contributed by atoms with E-state index in [4.69, 9.17) is 19.4 Å². The number of ether oxygens (including phenoxy) is 1. The number of aromatic nitrogens is 2. The van der Waals surface area contributed by atoms with Crippen LogP contribution in [0, 0.1) is 5.92 Å². The standard InChI is InChI=1S/C11H20FN2O14P3Si/c12-11(5-25-30(21,22)28-31(23,24)27-29(18,19)20)8(16)6(2-4-32)9(26-11)14-3-1-7(15)13-10(14)17/h1,3,6,8-9,16H,2,4-5H2,32H3,(H,21,22)(H,23,24)(H,13,15,17)(H2,18,19,20)/t6?,8-,9+,11+/m0/s1. The van der Waals surface area contributed by atoms with Crippen LogP contribution in [0.25, 0.3) is 0 Å². The molecule has 0 radical (unpaired) electrons. The lowest BCUT2D eigenvalue weighted by Crippen LogP contribution is -2.41. The van der Waals surface area contributed by atoms with Gasteiger partial charge in [0.15, 0.2) is 0 Å². The average Bonchev–Trinajstić information content (AvgIpc) is 2.83. The number of halogens is 1. The summed E-state index contributed by atoms with van der Waals surface area (Å²) in [6, 6.07) is 1.46. The lowest BCUT2D eigenvalue weighted by molar-refractivity contribution is -0.204. The Balaban J connectivity index is 2.22. The Kier molecular flexibility index (Phi) is 8.39. The molecule has 21 heteroatoms. The van der Waals surface area contributed by atoms with Gasteiger partial charge in [-0.2, -0.15) is 8.62 Å². The average molecular weight is 544 g/mol. The zero-order valence-corrected chi connectivity index (χ0v) is 20.8. The normalized spacial score (nSPS) is 30.1. The van der Waals surface area contributed by atoms with Crippen molar-refractivity contribution in [1.29, 1.82) is 0 Å². The van der Waals surface area contributed by atoms with Crippen LogP contribution < -0.4 is 11.2 Å². The minimum absolute atomic E-state index is 0.157. The fourth-order valence-corrected chi connectivity index (χ4v) is 6.65. The number of aliphatic hydroxyl groups is 1. The highest BCUT2D eigenvalue weighted by Crippen LogP contribution is 2.66. The maximum atomic E-state index is 15.3. The number of H-pyrrole nitrogens is 1. The van der Waals surface area contributed by atoms with Crippen molar-refractivity contribution in [2.24, 2.45) is 5.92 Å². The van der Waals surface area contributed by atoms with E-state index in [9.17, 15) is 33.3 Å². The van der Waals surface area contributed by atoms with Crippen LogP contribution in [0.5, 0.6) is 0 Å². The van der Waals surface area contributed by atoms with Crippen molar-refractivity contribution < 1.29 is 60.6 Å². The molecule has 32 heavy (non-hydrogen) atoms. The third-order valence-electron chi connectivity index (χ3n) is 4.12. The summed E-state index contributed by atoms with van der Waals surface area (Å²) in [6.45, 7) is -1.57. The molecule has 1 aliphatic rings. The highest BCUT2D eigenvalue weighted by molar-refractivity contribution is 7.66. The van der Waals surface area contributed by atoms with Crippen molar-refractivity contribution in [3.05, 3.63) is 33.1 Å². The van der Waals surface area contributed by atoms with E-state index in [1.54, 1.807) is 0 Å². The summed E-state index contributed by atoms with van der Waals surface area (Å²) in [5.74, 6) is -4.29. The number of aromatic amines is 1. The molecule has 0 bridgehead atoms. The highest BCUT2D eigenvalue weighted by Gasteiger charge is 2.57. The van der Waals surface area contributed by atoms with Crippen molar-refractivity contribution in [1.82, 2.24) is 9.55 Å². The number of nitrogens with one attached hydrogen (secondary N) is 1. The number of aliphatic hydroxyl groups excluding tert-OH is 1. The number of rotatable bonds is 10.